The van der Waals surface area contributed by atoms with E-state index >= 15 is 0 Å². The highest BCUT2D eigenvalue weighted by Gasteiger charge is 2.18. The monoisotopic (exact) mass is 316 g/mol. The minimum atomic E-state index is -0.674. The summed E-state index contributed by atoms with van der Waals surface area (Å²) < 4.78 is 15.6. The van der Waals surface area contributed by atoms with Crippen LogP contribution in [0, 0.1) is 5.82 Å². The Morgan fingerprint density at radius 3 is 2.91 bits per heavy atom. The number of nitrogens with one attached hydrogen (secondary N) is 1. The lowest BCUT2D eigenvalue weighted by Gasteiger charge is -2.14. The van der Waals surface area contributed by atoms with Crippen LogP contribution in [0.2, 0.25) is 5.02 Å². The lowest BCUT2D eigenvalue weighted by molar-refractivity contribution is 0.100. The van der Waals surface area contributed by atoms with Gasteiger partial charge < -0.3 is 15.5 Å². The molecule has 5 nitrogen and oxygen atoms in total. The first kappa shape index (κ1) is 14.4. The van der Waals surface area contributed by atoms with Gasteiger partial charge in [0.15, 0.2) is 5.65 Å². The summed E-state index contributed by atoms with van der Waals surface area (Å²) >= 11 is 6.29. The third-order valence-electron chi connectivity index (χ3n) is 3.27. The van der Waals surface area contributed by atoms with E-state index in [1.54, 1.807) is 36.8 Å². The molecule has 22 heavy (non-hydrogen) atoms. The van der Waals surface area contributed by atoms with Crippen molar-refractivity contribution >= 4 is 47.8 Å². The first-order chi connectivity index (χ1) is 10.5. The van der Waals surface area contributed by atoms with Gasteiger partial charge in [-0.1, -0.05) is 23.1 Å². The van der Waals surface area contributed by atoms with Crippen molar-refractivity contribution in [2.75, 3.05) is 5.32 Å². The molecule has 0 aliphatic heterocycles. The van der Waals surface area contributed by atoms with E-state index in [2.05, 4.69) is 10.3 Å². The first-order valence-corrected chi connectivity index (χ1v) is 6.83. The van der Waals surface area contributed by atoms with Crippen LogP contribution < -0.4 is 16.5 Å². The second kappa shape index (κ2) is 5.34. The molecule has 0 radical (unpaired) electrons. The number of aromatic nitrogens is 2. The fourth-order valence-electron chi connectivity index (χ4n) is 2.19. The molecule has 0 aliphatic rings. The Kier molecular flexibility index (Phi) is 3.50. The van der Waals surface area contributed by atoms with Gasteiger partial charge in [-0.05, 0) is 12.1 Å². The molecule has 0 saturated heterocycles. The second-order valence-electron chi connectivity index (χ2n) is 4.86. The largest absolute Gasteiger partial charge is 0.365 e. The van der Waals surface area contributed by atoms with Crippen LogP contribution >= 0.6 is 11.6 Å². The SMILES string of the molecule is Bc1ccc(Nc2c(C(N)=O)cn3ccnc3c2Cl)c(F)c1. The predicted octanol–water partition coefficient (Wildman–Crippen LogP) is 1.23. The zero-order chi connectivity index (χ0) is 15.9. The normalized spacial score (nSPS) is 10.8. The number of benzene rings is 1. The third-order valence-corrected chi connectivity index (χ3v) is 3.63. The number of anilines is 2. The van der Waals surface area contributed by atoms with Crippen molar-refractivity contribution in [3.8, 4) is 0 Å². The van der Waals surface area contributed by atoms with E-state index < -0.39 is 11.7 Å². The Morgan fingerprint density at radius 1 is 1.45 bits per heavy atom. The molecular formula is C14H11BClFN4O. The molecule has 3 rings (SSSR count). The molecule has 1 aromatic carbocycles. The van der Waals surface area contributed by atoms with E-state index in [-0.39, 0.29) is 22.0 Å². The highest BCUT2D eigenvalue weighted by molar-refractivity contribution is 6.37. The van der Waals surface area contributed by atoms with E-state index in [0.717, 1.165) is 5.46 Å². The van der Waals surface area contributed by atoms with Crippen LogP contribution in [0.1, 0.15) is 10.4 Å². The van der Waals surface area contributed by atoms with Crippen molar-refractivity contribution in [3.63, 3.8) is 0 Å². The zero-order valence-electron chi connectivity index (χ0n) is 11.6. The molecule has 8 heteroatoms. The van der Waals surface area contributed by atoms with Gasteiger partial charge in [0.05, 0.1) is 16.9 Å². The fourth-order valence-corrected chi connectivity index (χ4v) is 2.48. The van der Waals surface area contributed by atoms with E-state index in [4.69, 9.17) is 17.3 Å². The number of hydrogen-bond donors (Lipinski definition) is 2. The highest BCUT2D eigenvalue weighted by Crippen LogP contribution is 2.32. The number of nitrogens with two attached hydrogens (primary N) is 1. The van der Waals surface area contributed by atoms with Crippen LogP contribution in [-0.4, -0.2) is 23.1 Å². The summed E-state index contributed by atoms with van der Waals surface area (Å²) in [4.78, 5) is 15.8. The van der Waals surface area contributed by atoms with Crippen LogP contribution in [0.25, 0.3) is 5.65 Å². The molecule has 2 aromatic heterocycles. The van der Waals surface area contributed by atoms with Crippen molar-refractivity contribution in [1.29, 1.82) is 0 Å². The molecule has 0 spiro atoms. The molecule has 110 valence electrons. The summed E-state index contributed by atoms with van der Waals surface area (Å²) in [5, 5.41) is 3.03. The number of primary amides is 1. The fraction of sp³-hybridized carbons (Fsp3) is 0. The van der Waals surface area contributed by atoms with E-state index in [1.807, 2.05) is 0 Å². The van der Waals surface area contributed by atoms with Crippen molar-refractivity contribution in [2.24, 2.45) is 5.73 Å². The van der Waals surface area contributed by atoms with Gasteiger partial charge in [-0.3, -0.25) is 4.79 Å². The lowest BCUT2D eigenvalue weighted by Crippen LogP contribution is -2.15. The molecule has 0 aliphatic carbocycles. The maximum atomic E-state index is 14.0. The van der Waals surface area contributed by atoms with Crippen molar-refractivity contribution in [3.05, 3.63) is 53.2 Å². The minimum Gasteiger partial charge on any atom is -0.365 e. The summed E-state index contributed by atoms with van der Waals surface area (Å²) in [6.07, 6.45) is 4.69. The van der Waals surface area contributed by atoms with Crippen molar-refractivity contribution < 1.29 is 9.18 Å². The van der Waals surface area contributed by atoms with Gasteiger partial charge in [0, 0.05) is 18.6 Å². The summed E-state index contributed by atoms with van der Waals surface area (Å²) in [7, 11) is 1.78. The summed E-state index contributed by atoms with van der Waals surface area (Å²) in [5.41, 5.74) is 7.21. The summed E-state index contributed by atoms with van der Waals surface area (Å²) in [5.74, 6) is -1.12. The van der Waals surface area contributed by atoms with Crippen LogP contribution in [0.3, 0.4) is 0 Å². The Labute approximate surface area is 131 Å². The first-order valence-electron chi connectivity index (χ1n) is 6.45. The highest BCUT2D eigenvalue weighted by atomic mass is 35.5. The Morgan fingerprint density at radius 2 is 2.23 bits per heavy atom. The van der Waals surface area contributed by atoms with Gasteiger partial charge in [-0.25, -0.2) is 9.37 Å². The standard InChI is InChI=1S/C14H11BClFN4O/c15-7-1-2-10(9(17)5-7)20-12-8(13(18)22)6-21-4-3-19-14(21)11(12)16/h1-6,20H,15H2,(H2,18,22). The van der Waals surface area contributed by atoms with Gasteiger partial charge in [-0.2, -0.15) is 0 Å². The third kappa shape index (κ3) is 2.39. The summed E-state index contributed by atoms with van der Waals surface area (Å²) in [6, 6.07) is 4.70. The number of fused-ring (bicyclic) bond motifs is 1. The molecular weight excluding hydrogens is 305 g/mol. The molecule has 0 atom stereocenters. The van der Waals surface area contributed by atoms with Gasteiger partial charge in [0.2, 0.25) is 0 Å². The smallest absolute Gasteiger partial charge is 0.252 e. The van der Waals surface area contributed by atoms with Crippen LogP contribution in [-0.2, 0) is 0 Å². The number of amides is 1. The molecule has 3 N–H and O–H groups in total. The number of carbonyl (C=O) groups is 1. The number of rotatable bonds is 3. The Hall–Kier alpha value is -2.54. The van der Waals surface area contributed by atoms with Gasteiger partial charge in [-0.15, -0.1) is 0 Å². The lowest BCUT2D eigenvalue weighted by atomic mass is 9.96. The number of pyridine rings is 1. The quantitative estimate of drug-likeness (QED) is 0.714. The molecule has 0 fully saturated rings. The summed E-state index contributed by atoms with van der Waals surface area (Å²) in [6.45, 7) is 0. The van der Waals surface area contributed by atoms with Gasteiger partial charge >= 0.3 is 0 Å². The molecule has 0 saturated carbocycles. The minimum absolute atomic E-state index is 0.149. The van der Waals surface area contributed by atoms with E-state index in [1.165, 1.54) is 12.3 Å². The van der Waals surface area contributed by atoms with Gasteiger partial charge in [0.1, 0.15) is 18.7 Å². The number of carbonyl (C=O) groups excluding carboxylic acids is 1. The van der Waals surface area contributed by atoms with Crippen molar-refractivity contribution in [1.82, 2.24) is 9.38 Å². The number of imidazole rings is 1. The van der Waals surface area contributed by atoms with Gasteiger partial charge in [0.25, 0.3) is 5.91 Å². The molecule has 0 unspecified atom stereocenters. The van der Waals surface area contributed by atoms with Crippen molar-refractivity contribution in [2.45, 2.75) is 0 Å². The van der Waals surface area contributed by atoms with E-state index in [0.29, 0.717) is 5.65 Å². The average Bonchev–Trinajstić information content (AvgIpc) is 2.92. The topological polar surface area (TPSA) is 72.4 Å². The molecule has 2 heterocycles. The molecule has 1 amide bonds. The maximum Gasteiger partial charge on any atom is 0.252 e. The predicted molar refractivity (Wildman–Crippen MR) is 86.6 cm³/mol. The van der Waals surface area contributed by atoms with E-state index in [9.17, 15) is 9.18 Å². The Bertz CT molecular complexity index is 896. The average molecular weight is 317 g/mol. The number of nitrogens with zero attached hydrogens (tertiary/aromatic N) is 2. The number of halogens is 2. The number of hydrogen-bond acceptors (Lipinski definition) is 3. The zero-order valence-corrected chi connectivity index (χ0v) is 12.4. The molecule has 0 bridgehead atoms. The van der Waals surface area contributed by atoms with Crippen LogP contribution in [0.15, 0.2) is 36.8 Å². The Balaban J connectivity index is 2.18. The van der Waals surface area contributed by atoms with Crippen LogP contribution in [0.4, 0.5) is 15.8 Å². The molecule has 3 aromatic rings. The second-order valence-corrected chi connectivity index (χ2v) is 5.24. The maximum absolute atomic E-state index is 14.0. The van der Waals surface area contributed by atoms with Crippen LogP contribution in [0.5, 0.6) is 0 Å².